The highest BCUT2D eigenvalue weighted by molar-refractivity contribution is 6.09. The van der Waals surface area contributed by atoms with E-state index in [1.54, 1.807) is 6.07 Å². The van der Waals surface area contributed by atoms with Crippen LogP contribution in [0.2, 0.25) is 0 Å². The standard InChI is InChI=1S/C15H12O/c1-10-8-11-6-7-12(16)9-15(11)14-5-3-2-4-13(10)14/h2-9,16H,1H3. The predicted octanol–water partition coefficient (Wildman–Crippen LogP) is 4.01. The lowest BCUT2D eigenvalue weighted by Crippen LogP contribution is -1.81. The zero-order chi connectivity index (χ0) is 11.1. The highest BCUT2D eigenvalue weighted by Gasteiger charge is 2.03. The SMILES string of the molecule is Cc1cc2ccc(O)cc2c2ccccc12. The summed E-state index contributed by atoms with van der Waals surface area (Å²) in [4.78, 5) is 0. The van der Waals surface area contributed by atoms with E-state index in [0.717, 1.165) is 5.39 Å². The molecular weight excluding hydrogens is 196 g/mol. The van der Waals surface area contributed by atoms with Gasteiger partial charge in [0.15, 0.2) is 0 Å². The molecule has 3 rings (SSSR count). The van der Waals surface area contributed by atoms with Gasteiger partial charge >= 0.3 is 0 Å². The van der Waals surface area contributed by atoms with Gasteiger partial charge in [0, 0.05) is 0 Å². The maximum atomic E-state index is 9.56. The molecule has 0 radical (unpaired) electrons. The second-order valence-corrected chi connectivity index (χ2v) is 4.14. The van der Waals surface area contributed by atoms with Crippen LogP contribution in [0.5, 0.6) is 5.75 Å². The highest BCUT2D eigenvalue weighted by atomic mass is 16.3. The van der Waals surface area contributed by atoms with E-state index in [-0.39, 0.29) is 0 Å². The largest absolute Gasteiger partial charge is 0.508 e. The minimum atomic E-state index is 0.321. The van der Waals surface area contributed by atoms with Crippen LogP contribution >= 0.6 is 0 Å². The first-order valence-corrected chi connectivity index (χ1v) is 5.37. The molecule has 0 aliphatic rings. The molecule has 78 valence electrons. The molecule has 0 amide bonds. The molecule has 0 aliphatic carbocycles. The van der Waals surface area contributed by atoms with Crippen LogP contribution in [-0.2, 0) is 0 Å². The topological polar surface area (TPSA) is 20.2 Å². The van der Waals surface area contributed by atoms with E-state index >= 15 is 0 Å². The summed E-state index contributed by atoms with van der Waals surface area (Å²) in [5.41, 5.74) is 1.27. The molecule has 1 nitrogen and oxygen atoms in total. The molecule has 0 aliphatic heterocycles. The average Bonchev–Trinajstić information content (AvgIpc) is 2.31. The van der Waals surface area contributed by atoms with Crippen LogP contribution in [0.25, 0.3) is 21.5 Å². The normalized spacial score (nSPS) is 11.1. The lowest BCUT2D eigenvalue weighted by molar-refractivity contribution is 0.476. The van der Waals surface area contributed by atoms with E-state index in [9.17, 15) is 5.11 Å². The number of fused-ring (bicyclic) bond motifs is 3. The number of aromatic hydroxyl groups is 1. The average molecular weight is 208 g/mol. The van der Waals surface area contributed by atoms with Crippen LogP contribution in [-0.4, -0.2) is 5.11 Å². The molecule has 0 bridgehead atoms. The van der Waals surface area contributed by atoms with Crippen molar-refractivity contribution in [3.8, 4) is 5.75 Å². The molecule has 16 heavy (non-hydrogen) atoms. The molecule has 0 heterocycles. The minimum absolute atomic E-state index is 0.321. The molecule has 3 aromatic rings. The Labute approximate surface area is 94.0 Å². The van der Waals surface area contributed by atoms with Gasteiger partial charge < -0.3 is 5.11 Å². The van der Waals surface area contributed by atoms with Gasteiger partial charge in [-0.3, -0.25) is 0 Å². The summed E-state index contributed by atoms with van der Waals surface area (Å²) in [6.07, 6.45) is 0. The Hall–Kier alpha value is -2.02. The first-order valence-electron chi connectivity index (χ1n) is 5.37. The van der Waals surface area contributed by atoms with Gasteiger partial charge in [0.05, 0.1) is 0 Å². The molecule has 1 N–H and O–H groups in total. The van der Waals surface area contributed by atoms with Gasteiger partial charge in [0.2, 0.25) is 0 Å². The van der Waals surface area contributed by atoms with E-state index in [1.165, 1.54) is 21.7 Å². The Kier molecular flexibility index (Phi) is 1.87. The molecular formula is C15H12O. The number of aryl methyl sites for hydroxylation is 1. The van der Waals surface area contributed by atoms with Gasteiger partial charge in [0.1, 0.15) is 5.75 Å². The molecule has 0 saturated carbocycles. The van der Waals surface area contributed by atoms with Gasteiger partial charge in [-0.2, -0.15) is 0 Å². The number of benzene rings is 3. The fourth-order valence-electron chi connectivity index (χ4n) is 2.28. The summed E-state index contributed by atoms with van der Waals surface area (Å²) in [6, 6.07) is 16.0. The maximum absolute atomic E-state index is 9.56. The van der Waals surface area contributed by atoms with Crippen LogP contribution in [0, 0.1) is 6.92 Å². The summed E-state index contributed by atoms with van der Waals surface area (Å²) in [5.74, 6) is 0.321. The van der Waals surface area contributed by atoms with E-state index in [4.69, 9.17) is 0 Å². The summed E-state index contributed by atoms with van der Waals surface area (Å²) in [7, 11) is 0. The van der Waals surface area contributed by atoms with Crippen LogP contribution < -0.4 is 0 Å². The molecule has 0 unspecified atom stereocenters. The monoisotopic (exact) mass is 208 g/mol. The van der Waals surface area contributed by atoms with Crippen LogP contribution in [0.15, 0.2) is 48.5 Å². The molecule has 0 atom stereocenters. The Morgan fingerprint density at radius 1 is 0.812 bits per heavy atom. The van der Waals surface area contributed by atoms with Crippen LogP contribution in [0.3, 0.4) is 0 Å². The van der Waals surface area contributed by atoms with Crippen molar-refractivity contribution in [1.82, 2.24) is 0 Å². The number of hydrogen-bond donors (Lipinski definition) is 1. The molecule has 1 heteroatoms. The fraction of sp³-hybridized carbons (Fsp3) is 0.0667. The quantitative estimate of drug-likeness (QED) is 0.553. The van der Waals surface area contributed by atoms with Gasteiger partial charge in [0.25, 0.3) is 0 Å². The van der Waals surface area contributed by atoms with Crippen molar-refractivity contribution < 1.29 is 5.11 Å². The number of phenolic OH excluding ortho intramolecular Hbond substituents is 1. The van der Waals surface area contributed by atoms with Crippen LogP contribution in [0.1, 0.15) is 5.56 Å². The van der Waals surface area contributed by atoms with Crippen LogP contribution in [0.4, 0.5) is 0 Å². The van der Waals surface area contributed by atoms with E-state index in [2.05, 4.69) is 25.1 Å². The molecule has 0 fully saturated rings. The van der Waals surface area contributed by atoms with Crippen molar-refractivity contribution >= 4 is 21.5 Å². The van der Waals surface area contributed by atoms with Crippen molar-refractivity contribution in [2.24, 2.45) is 0 Å². The Morgan fingerprint density at radius 2 is 1.56 bits per heavy atom. The number of phenols is 1. The van der Waals surface area contributed by atoms with Gasteiger partial charge in [-0.25, -0.2) is 0 Å². The highest BCUT2D eigenvalue weighted by Crippen LogP contribution is 2.30. The summed E-state index contributed by atoms with van der Waals surface area (Å²) in [5, 5.41) is 14.3. The molecule has 0 spiro atoms. The third-order valence-electron chi connectivity index (χ3n) is 3.05. The first-order chi connectivity index (χ1) is 7.75. The Morgan fingerprint density at radius 3 is 2.38 bits per heavy atom. The third-order valence-corrected chi connectivity index (χ3v) is 3.05. The van der Waals surface area contributed by atoms with Crippen molar-refractivity contribution in [3.05, 3.63) is 54.1 Å². The summed E-state index contributed by atoms with van der Waals surface area (Å²) in [6.45, 7) is 2.12. The lowest BCUT2D eigenvalue weighted by atomic mass is 9.98. The lowest BCUT2D eigenvalue weighted by Gasteiger charge is -2.07. The first kappa shape index (κ1) is 9.22. The maximum Gasteiger partial charge on any atom is 0.116 e. The number of hydrogen-bond acceptors (Lipinski definition) is 1. The summed E-state index contributed by atoms with van der Waals surface area (Å²) < 4.78 is 0. The van der Waals surface area contributed by atoms with Crippen molar-refractivity contribution in [2.75, 3.05) is 0 Å². The molecule has 3 aromatic carbocycles. The van der Waals surface area contributed by atoms with Crippen molar-refractivity contribution in [1.29, 1.82) is 0 Å². The van der Waals surface area contributed by atoms with E-state index in [1.807, 2.05) is 24.3 Å². The van der Waals surface area contributed by atoms with Gasteiger partial charge in [-0.1, -0.05) is 36.4 Å². The number of rotatable bonds is 0. The summed E-state index contributed by atoms with van der Waals surface area (Å²) >= 11 is 0. The van der Waals surface area contributed by atoms with Crippen molar-refractivity contribution in [2.45, 2.75) is 6.92 Å². The predicted molar refractivity (Wildman–Crippen MR) is 67.9 cm³/mol. The fourth-order valence-corrected chi connectivity index (χ4v) is 2.28. The van der Waals surface area contributed by atoms with Crippen molar-refractivity contribution in [3.63, 3.8) is 0 Å². The van der Waals surface area contributed by atoms with E-state index in [0.29, 0.717) is 5.75 Å². The zero-order valence-electron chi connectivity index (χ0n) is 9.07. The third kappa shape index (κ3) is 1.25. The Balaban J connectivity index is 2.61. The second kappa shape index (κ2) is 3.24. The van der Waals surface area contributed by atoms with E-state index < -0.39 is 0 Å². The minimum Gasteiger partial charge on any atom is -0.508 e. The smallest absolute Gasteiger partial charge is 0.116 e. The van der Waals surface area contributed by atoms with Gasteiger partial charge in [-0.05, 0) is 46.2 Å². The molecule has 0 aromatic heterocycles. The second-order valence-electron chi connectivity index (χ2n) is 4.14. The molecule has 0 saturated heterocycles. The zero-order valence-corrected chi connectivity index (χ0v) is 9.07. The van der Waals surface area contributed by atoms with Gasteiger partial charge in [-0.15, -0.1) is 0 Å². The Bertz CT molecular complexity index is 683.